The van der Waals surface area contributed by atoms with E-state index in [0.29, 0.717) is 28.4 Å². The lowest BCUT2D eigenvalue weighted by Crippen LogP contribution is -2.36. The van der Waals surface area contributed by atoms with E-state index in [9.17, 15) is 18.7 Å². The summed E-state index contributed by atoms with van der Waals surface area (Å²) in [5, 5.41) is 14.6. The quantitative estimate of drug-likeness (QED) is 0.590. The van der Waals surface area contributed by atoms with Gasteiger partial charge in [0.2, 0.25) is 0 Å². The van der Waals surface area contributed by atoms with E-state index in [2.05, 4.69) is 5.32 Å². The van der Waals surface area contributed by atoms with Crippen LogP contribution >= 0.6 is 0 Å². The van der Waals surface area contributed by atoms with Crippen LogP contribution in [0.4, 0.5) is 13.6 Å². The van der Waals surface area contributed by atoms with E-state index in [-0.39, 0.29) is 13.1 Å². The highest BCUT2D eigenvalue weighted by atomic mass is 19.1. The number of fused-ring (bicyclic) bond motifs is 3. The van der Waals surface area contributed by atoms with Crippen molar-refractivity contribution in [2.24, 2.45) is 5.73 Å². The Morgan fingerprint density at radius 1 is 1.15 bits per heavy atom. The Balaban J connectivity index is 1.78. The first kappa shape index (κ1) is 19.1. The molecule has 0 aliphatic rings. The molecule has 8 heteroatoms. The third-order valence-electron chi connectivity index (χ3n) is 4.31. The van der Waals surface area contributed by atoms with Crippen molar-refractivity contribution in [1.82, 2.24) is 9.88 Å². The van der Waals surface area contributed by atoms with Gasteiger partial charge in [-0.15, -0.1) is 0 Å². The number of aliphatic hydroxyl groups excluding tert-OH is 1. The van der Waals surface area contributed by atoms with E-state index in [1.807, 2.05) is 4.57 Å². The number of nitrogens with zero attached hydrogens (tertiary/aromatic N) is 1. The van der Waals surface area contributed by atoms with Crippen molar-refractivity contribution in [3.05, 3.63) is 48.0 Å². The maximum Gasteiger partial charge on any atom is 0.404 e. The number of carbonyl (C=O) groups excluding carboxylic acids is 1. The molecule has 0 radical (unpaired) electrons. The smallest absolute Gasteiger partial charge is 0.404 e. The Morgan fingerprint density at radius 3 is 2.22 bits per heavy atom. The molecule has 4 N–H and O–H groups in total. The van der Waals surface area contributed by atoms with Crippen molar-refractivity contribution in [1.29, 1.82) is 0 Å². The highest BCUT2D eigenvalue weighted by molar-refractivity contribution is 6.08. The average Bonchev–Trinajstić information content (AvgIpc) is 2.87. The molecule has 0 saturated heterocycles. The Morgan fingerprint density at radius 2 is 1.70 bits per heavy atom. The van der Waals surface area contributed by atoms with Gasteiger partial charge >= 0.3 is 6.09 Å². The number of halogens is 2. The minimum absolute atomic E-state index is 0.231. The molecule has 0 saturated carbocycles. The molecule has 2 aromatic carbocycles. The molecule has 6 nitrogen and oxygen atoms in total. The van der Waals surface area contributed by atoms with Gasteiger partial charge in [-0.25, -0.2) is 13.6 Å². The second-order valence-corrected chi connectivity index (χ2v) is 6.49. The molecule has 3 rings (SSSR count). The van der Waals surface area contributed by atoms with E-state index in [1.165, 1.54) is 24.3 Å². The van der Waals surface area contributed by atoms with E-state index in [4.69, 9.17) is 10.5 Å². The van der Waals surface area contributed by atoms with Crippen molar-refractivity contribution >= 4 is 27.9 Å². The van der Waals surface area contributed by atoms with Crippen LogP contribution in [0.3, 0.4) is 0 Å². The summed E-state index contributed by atoms with van der Waals surface area (Å²) in [6.45, 7) is 2.50. The number of aromatic nitrogens is 1. The molecule has 27 heavy (non-hydrogen) atoms. The fraction of sp³-hybridized carbons (Fsp3) is 0.316. The number of carbonyl (C=O) groups is 1. The molecule has 0 spiro atoms. The zero-order valence-corrected chi connectivity index (χ0v) is 14.8. The SMILES string of the molecule is CC(CNCC(O)Cn1c2ccc(F)cc2c2cc(F)ccc21)OC(N)=O. The number of nitrogens with one attached hydrogen (secondary N) is 1. The van der Waals surface area contributed by atoms with Crippen molar-refractivity contribution < 1.29 is 23.4 Å². The van der Waals surface area contributed by atoms with Crippen LogP contribution in [0.5, 0.6) is 0 Å². The summed E-state index contributed by atoms with van der Waals surface area (Å²) in [5.41, 5.74) is 6.37. The predicted molar refractivity (Wildman–Crippen MR) is 98.4 cm³/mol. The standard InChI is InChI=1S/C19H21F2N3O3/c1-11(27-19(22)26)8-23-9-14(25)10-24-17-4-2-12(20)6-15(17)16-7-13(21)3-5-18(16)24/h2-7,11,14,23,25H,8-10H2,1H3,(H2,22,26). The first-order valence-electron chi connectivity index (χ1n) is 8.57. The summed E-state index contributed by atoms with van der Waals surface area (Å²) in [5.74, 6) is -0.812. The van der Waals surface area contributed by atoms with Gasteiger partial charge in [0.25, 0.3) is 0 Å². The average molecular weight is 377 g/mol. The third kappa shape index (κ3) is 4.35. The van der Waals surface area contributed by atoms with Crippen LogP contribution in [-0.4, -0.2) is 41.1 Å². The topological polar surface area (TPSA) is 89.5 Å². The molecule has 0 fully saturated rings. The van der Waals surface area contributed by atoms with Crippen molar-refractivity contribution in [3.63, 3.8) is 0 Å². The first-order valence-corrected chi connectivity index (χ1v) is 8.57. The molecule has 1 amide bonds. The molecule has 0 aliphatic carbocycles. The lowest BCUT2D eigenvalue weighted by molar-refractivity contribution is 0.108. The van der Waals surface area contributed by atoms with Crippen LogP contribution < -0.4 is 11.1 Å². The molecule has 0 bridgehead atoms. The molecule has 1 heterocycles. The number of primary amides is 1. The van der Waals surface area contributed by atoms with E-state index in [1.54, 1.807) is 19.1 Å². The number of aliphatic hydroxyl groups is 1. The molecular formula is C19H21F2N3O3. The minimum Gasteiger partial charge on any atom is -0.445 e. The predicted octanol–water partition coefficient (Wildman–Crippen LogP) is 2.51. The lowest BCUT2D eigenvalue weighted by atomic mass is 10.1. The monoisotopic (exact) mass is 377 g/mol. The number of amides is 1. The summed E-state index contributed by atoms with van der Waals surface area (Å²) in [6.07, 6.45) is -2.04. The van der Waals surface area contributed by atoms with Gasteiger partial charge in [0.1, 0.15) is 17.7 Å². The lowest BCUT2D eigenvalue weighted by Gasteiger charge is -2.17. The van der Waals surface area contributed by atoms with Gasteiger partial charge in [0, 0.05) is 34.9 Å². The minimum atomic E-state index is -0.852. The number of nitrogens with two attached hydrogens (primary N) is 1. The summed E-state index contributed by atoms with van der Waals surface area (Å²) >= 11 is 0. The second kappa shape index (κ2) is 7.89. The maximum absolute atomic E-state index is 13.7. The molecular weight excluding hydrogens is 356 g/mol. The van der Waals surface area contributed by atoms with E-state index >= 15 is 0 Å². The summed E-state index contributed by atoms with van der Waals surface area (Å²) in [4.78, 5) is 10.7. The molecule has 2 unspecified atom stereocenters. The third-order valence-corrected chi connectivity index (χ3v) is 4.31. The maximum atomic E-state index is 13.7. The molecule has 3 aromatic rings. The van der Waals surface area contributed by atoms with Crippen molar-refractivity contribution in [2.45, 2.75) is 25.7 Å². The van der Waals surface area contributed by atoms with Crippen molar-refractivity contribution in [3.8, 4) is 0 Å². The van der Waals surface area contributed by atoms with Gasteiger partial charge < -0.3 is 25.5 Å². The van der Waals surface area contributed by atoms with Crippen LogP contribution in [0.1, 0.15) is 6.92 Å². The van der Waals surface area contributed by atoms with Gasteiger partial charge in [-0.2, -0.15) is 0 Å². The zero-order valence-electron chi connectivity index (χ0n) is 14.8. The molecule has 2 atom stereocenters. The summed E-state index contributed by atoms with van der Waals surface area (Å²) in [6, 6.07) is 8.63. The largest absolute Gasteiger partial charge is 0.445 e. The summed E-state index contributed by atoms with van der Waals surface area (Å²) in [7, 11) is 0. The number of benzene rings is 2. The fourth-order valence-electron chi connectivity index (χ4n) is 3.21. The van der Waals surface area contributed by atoms with E-state index < -0.39 is 29.9 Å². The summed E-state index contributed by atoms with van der Waals surface area (Å²) < 4.78 is 34.0. The number of hydrogen-bond donors (Lipinski definition) is 3. The molecule has 0 aliphatic heterocycles. The van der Waals surface area contributed by atoms with Gasteiger partial charge in [-0.1, -0.05) is 0 Å². The van der Waals surface area contributed by atoms with Gasteiger partial charge in [0.15, 0.2) is 0 Å². The Kier molecular flexibility index (Phi) is 5.57. The van der Waals surface area contributed by atoms with Gasteiger partial charge in [-0.05, 0) is 43.3 Å². The molecule has 1 aromatic heterocycles. The van der Waals surface area contributed by atoms with Gasteiger partial charge in [0.05, 0.1) is 12.6 Å². The number of ether oxygens (including phenoxy) is 1. The highest BCUT2D eigenvalue weighted by Crippen LogP contribution is 2.30. The first-order chi connectivity index (χ1) is 12.8. The van der Waals surface area contributed by atoms with E-state index in [0.717, 1.165) is 0 Å². The Bertz CT molecular complexity index is 914. The van der Waals surface area contributed by atoms with Gasteiger partial charge in [-0.3, -0.25) is 0 Å². The van der Waals surface area contributed by atoms with Crippen LogP contribution in [0, 0.1) is 11.6 Å². The van der Waals surface area contributed by atoms with Crippen LogP contribution in [-0.2, 0) is 11.3 Å². The highest BCUT2D eigenvalue weighted by Gasteiger charge is 2.15. The zero-order chi connectivity index (χ0) is 19.6. The van der Waals surface area contributed by atoms with Crippen LogP contribution in [0.25, 0.3) is 21.8 Å². The number of hydrogen-bond acceptors (Lipinski definition) is 4. The Hall–Kier alpha value is -2.71. The fourth-order valence-corrected chi connectivity index (χ4v) is 3.21. The van der Waals surface area contributed by atoms with Crippen LogP contribution in [0.15, 0.2) is 36.4 Å². The second-order valence-electron chi connectivity index (χ2n) is 6.49. The normalized spacial score (nSPS) is 13.8. The van der Waals surface area contributed by atoms with Crippen LogP contribution in [0.2, 0.25) is 0 Å². The molecule has 144 valence electrons. The van der Waals surface area contributed by atoms with Crippen molar-refractivity contribution in [2.75, 3.05) is 13.1 Å². The number of rotatable bonds is 7. The Labute approximate surface area is 154 Å².